The fraction of sp³-hybridized carbons (Fsp3) is 0.619. The molecule has 2 aliphatic rings. The monoisotopic (exact) mass is 368 g/mol. The molecule has 1 saturated heterocycles. The van der Waals surface area contributed by atoms with Crippen LogP contribution < -0.4 is 0 Å². The van der Waals surface area contributed by atoms with Crippen molar-refractivity contribution in [3.8, 4) is 11.6 Å². The summed E-state index contributed by atoms with van der Waals surface area (Å²) >= 11 is 0. The molecule has 27 heavy (non-hydrogen) atoms. The molecular formula is C21H28N4O2. The van der Waals surface area contributed by atoms with Crippen LogP contribution in [-0.2, 0) is 11.2 Å². The van der Waals surface area contributed by atoms with E-state index in [2.05, 4.69) is 20.0 Å². The summed E-state index contributed by atoms with van der Waals surface area (Å²) in [5.74, 6) is 2.27. The molecule has 1 aliphatic carbocycles. The van der Waals surface area contributed by atoms with Gasteiger partial charge < -0.3 is 9.42 Å². The molecule has 6 heteroatoms. The minimum absolute atomic E-state index is 0.317. The zero-order valence-corrected chi connectivity index (χ0v) is 15.8. The van der Waals surface area contributed by atoms with E-state index in [4.69, 9.17) is 4.52 Å². The Morgan fingerprint density at radius 2 is 2.04 bits per heavy atom. The molecule has 1 saturated carbocycles. The maximum absolute atomic E-state index is 12.7. The van der Waals surface area contributed by atoms with Gasteiger partial charge in [-0.25, -0.2) is 0 Å². The second-order valence-corrected chi connectivity index (χ2v) is 7.84. The van der Waals surface area contributed by atoms with Crippen LogP contribution in [0.25, 0.3) is 11.6 Å². The van der Waals surface area contributed by atoms with Crippen LogP contribution in [0.4, 0.5) is 0 Å². The normalized spacial score (nSPS) is 20.4. The average Bonchev–Trinajstić information content (AvgIpc) is 3.47. The van der Waals surface area contributed by atoms with Gasteiger partial charge in [0, 0.05) is 31.6 Å². The number of rotatable bonds is 7. The van der Waals surface area contributed by atoms with Crippen molar-refractivity contribution >= 4 is 5.91 Å². The Bertz CT molecular complexity index is 740. The van der Waals surface area contributed by atoms with E-state index in [1.165, 1.54) is 25.7 Å². The van der Waals surface area contributed by atoms with E-state index in [0.717, 1.165) is 44.6 Å². The Morgan fingerprint density at radius 1 is 1.15 bits per heavy atom. The van der Waals surface area contributed by atoms with Crippen molar-refractivity contribution < 1.29 is 9.32 Å². The highest BCUT2D eigenvalue weighted by Crippen LogP contribution is 2.30. The number of hydrogen-bond donors (Lipinski definition) is 0. The van der Waals surface area contributed by atoms with Crippen LogP contribution in [0.1, 0.15) is 63.6 Å². The van der Waals surface area contributed by atoms with Gasteiger partial charge in [0.15, 0.2) is 5.82 Å². The fourth-order valence-corrected chi connectivity index (χ4v) is 4.48. The third-order valence-electron chi connectivity index (χ3n) is 5.99. The summed E-state index contributed by atoms with van der Waals surface area (Å²) in [7, 11) is 0. The Morgan fingerprint density at radius 3 is 2.85 bits per heavy atom. The predicted molar refractivity (Wildman–Crippen MR) is 102 cm³/mol. The number of amides is 1. The van der Waals surface area contributed by atoms with Crippen molar-refractivity contribution in [2.75, 3.05) is 6.54 Å². The molecule has 1 atom stereocenters. The highest BCUT2D eigenvalue weighted by Gasteiger charge is 2.29. The van der Waals surface area contributed by atoms with Crippen LogP contribution >= 0.6 is 0 Å². The lowest BCUT2D eigenvalue weighted by molar-refractivity contribution is -0.132. The predicted octanol–water partition coefficient (Wildman–Crippen LogP) is 4.03. The lowest BCUT2D eigenvalue weighted by atomic mass is 10.0. The number of pyridine rings is 1. The summed E-state index contributed by atoms with van der Waals surface area (Å²) in [5.41, 5.74) is 0.695. The van der Waals surface area contributed by atoms with E-state index in [-0.39, 0.29) is 0 Å². The number of aromatic nitrogens is 3. The van der Waals surface area contributed by atoms with Crippen molar-refractivity contribution in [1.82, 2.24) is 20.0 Å². The molecule has 4 rings (SSSR count). The van der Waals surface area contributed by atoms with Crippen LogP contribution in [0, 0.1) is 5.92 Å². The SMILES string of the molecule is O=C(CCC1CCCC1)N1CCCC1CCc1noc(-c2ccccn2)n1. The van der Waals surface area contributed by atoms with Crippen molar-refractivity contribution in [2.24, 2.45) is 5.92 Å². The van der Waals surface area contributed by atoms with Crippen LogP contribution in [0.5, 0.6) is 0 Å². The molecule has 2 aromatic heterocycles. The van der Waals surface area contributed by atoms with Gasteiger partial charge in [-0.2, -0.15) is 4.98 Å². The van der Waals surface area contributed by atoms with E-state index in [1.54, 1.807) is 6.20 Å². The summed E-state index contributed by atoms with van der Waals surface area (Å²) in [5, 5.41) is 4.08. The zero-order valence-electron chi connectivity index (χ0n) is 15.8. The van der Waals surface area contributed by atoms with Crippen LogP contribution in [-0.4, -0.2) is 38.5 Å². The summed E-state index contributed by atoms with van der Waals surface area (Å²) in [6.07, 6.45) is 12.6. The number of likely N-dealkylation sites (tertiary alicyclic amines) is 1. The number of carbonyl (C=O) groups excluding carboxylic acids is 1. The second kappa shape index (κ2) is 8.63. The van der Waals surface area contributed by atoms with Crippen LogP contribution in [0.3, 0.4) is 0 Å². The summed E-state index contributed by atoms with van der Waals surface area (Å²) in [4.78, 5) is 23.5. The Labute approximate surface area is 160 Å². The summed E-state index contributed by atoms with van der Waals surface area (Å²) < 4.78 is 5.33. The first-order valence-corrected chi connectivity index (χ1v) is 10.3. The van der Waals surface area contributed by atoms with Gasteiger partial charge in [0.05, 0.1) is 0 Å². The molecule has 1 aliphatic heterocycles. The lowest BCUT2D eigenvalue weighted by Crippen LogP contribution is -2.35. The molecule has 1 amide bonds. The molecule has 1 unspecified atom stereocenters. The van der Waals surface area contributed by atoms with E-state index < -0.39 is 0 Å². The van der Waals surface area contributed by atoms with Gasteiger partial charge in [-0.05, 0) is 43.7 Å². The van der Waals surface area contributed by atoms with Crippen molar-refractivity contribution in [3.05, 3.63) is 30.2 Å². The first-order chi connectivity index (χ1) is 13.3. The van der Waals surface area contributed by atoms with Crippen molar-refractivity contribution in [2.45, 2.75) is 70.3 Å². The quantitative estimate of drug-likeness (QED) is 0.738. The van der Waals surface area contributed by atoms with Gasteiger partial charge in [0.2, 0.25) is 5.91 Å². The van der Waals surface area contributed by atoms with E-state index >= 15 is 0 Å². The third-order valence-corrected chi connectivity index (χ3v) is 5.99. The molecule has 0 N–H and O–H groups in total. The topological polar surface area (TPSA) is 72.1 Å². The number of nitrogens with zero attached hydrogens (tertiary/aromatic N) is 4. The summed E-state index contributed by atoms with van der Waals surface area (Å²) in [6.45, 7) is 0.902. The first kappa shape index (κ1) is 18.1. The van der Waals surface area contributed by atoms with E-state index in [1.807, 2.05) is 18.2 Å². The Kier molecular flexibility index (Phi) is 5.80. The smallest absolute Gasteiger partial charge is 0.276 e. The van der Waals surface area contributed by atoms with Crippen LogP contribution in [0.15, 0.2) is 28.9 Å². The molecule has 6 nitrogen and oxygen atoms in total. The van der Waals surface area contributed by atoms with Gasteiger partial charge in [0.25, 0.3) is 5.89 Å². The van der Waals surface area contributed by atoms with Gasteiger partial charge in [0.1, 0.15) is 5.69 Å². The molecular weight excluding hydrogens is 340 g/mol. The van der Waals surface area contributed by atoms with E-state index in [0.29, 0.717) is 35.8 Å². The molecule has 2 aromatic rings. The molecule has 0 aromatic carbocycles. The highest BCUT2D eigenvalue weighted by molar-refractivity contribution is 5.76. The Balaban J connectivity index is 1.28. The molecule has 2 fully saturated rings. The van der Waals surface area contributed by atoms with Gasteiger partial charge in [-0.3, -0.25) is 9.78 Å². The maximum atomic E-state index is 12.7. The standard InChI is InChI=1S/C21H28N4O2/c26-20(13-10-16-6-1-2-7-16)25-15-5-8-17(25)11-12-19-23-21(27-24-19)18-9-3-4-14-22-18/h3-4,9,14,16-17H,1-2,5-8,10-13,15H2. The van der Waals surface area contributed by atoms with Gasteiger partial charge in [-0.15, -0.1) is 0 Å². The van der Waals surface area contributed by atoms with Crippen molar-refractivity contribution in [1.29, 1.82) is 0 Å². The van der Waals surface area contributed by atoms with Crippen LogP contribution in [0.2, 0.25) is 0 Å². The largest absolute Gasteiger partial charge is 0.340 e. The average molecular weight is 368 g/mol. The third kappa shape index (κ3) is 4.54. The minimum Gasteiger partial charge on any atom is -0.340 e. The second-order valence-electron chi connectivity index (χ2n) is 7.84. The first-order valence-electron chi connectivity index (χ1n) is 10.3. The van der Waals surface area contributed by atoms with Gasteiger partial charge >= 0.3 is 0 Å². The van der Waals surface area contributed by atoms with Gasteiger partial charge in [-0.1, -0.05) is 36.9 Å². The molecule has 144 valence electrons. The number of aryl methyl sites for hydroxylation is 1. The fourth-order valence-electron chi connectivity index (χ4n) is 4.48. The Hall–Kier alpha value is -2.24. The number of hydrogen-bond acceptors (Lipinski definition) is 5. The zero-order chi connectivity index (χ0) is 18.5. The molecule has 0 spiro atoms. The molecule has 0 bridgehead atoms. The van der Waals surface area contributed by atoms with Crippen molar-refractivity contribution in [3.63, 3.8) is 0 Å². The molecule has 3 heterocycles. The van der Waals surface area contributed by atoms with E-state index in [9.17, 15) is 4.79 Å². The molecule has 0 radical (unpaired) electrons. The maximum Gasteiger partial charge on any atom is 0.276 e. The highest BCUT2D eigenvalue weighted by atomic mass is 16.5. The summed E-state index contributed by atoms with van der Waals surface area (Å²) in [6, 6.07) is 5.94. The minimum atomic E-state index is 0.317. The lowest BCUT2D eigenvalue weighted by Gasteiger charge is -2.25. The number of carbonyl (C=O) groups is 1.